The number of hydrogen-bond acceptors (Lipinski definition) is 3. The van der Waals surface area contributed by atoms with Crippen molar-refractivity contribution in [2.45, 2.75) is 90.7 Å². The van der Waals surface area contributed by atoms with Crippen molar-refractivity contribution in [1.29, 1.82) is 0 Å². The average Bonchev–Trinajstić information content (AvgIpc) is 2.43. The zero-order valence-corrected chi connectivity index (χ0v) is 14.2. The van der Waals surface area contributed by atoms with Crippen LogP contribution >= 0.6 is 0 Å². The molecule has 20 heavy (non-hydrogen) atoms. The predicted octanol–water partition coefficient (Wildman–Crippen LogP) is 3.89. The molecule has 0 aliphatic heterocycles. The first-order chi connectivity index (χ1) is 9.58. The van der Waals surface area contributed by atoms with Gasteiger partial charge >= 0.3 is 0 Å². The van der Waals surface area contributed by atoms with Crippen LogP contribution in [0, 0.1) is 0 Å². The van der Waals surface area contributed by atoms with E-state index in [4.69, 9.17) is 4.74 Å². The smallest absolute Gasteiger partial charge is 0.0610 e. The minimum absolute atomic E-state index is 0.124. The van der Waals surface area contributed by atoms with Crippen molar-refractivity contribution >= 4 is 0 Å². The standard InChI is InChI=1S/C17H37NO2/c1-5-7-8-9-12-16(3)20-14-11-10-13-17(4,15-19)18-6-2/h16,18-19H,5-15H2,1-4H3. The molecule has 0 fully saturated rings. The summed E-state index contributed by atoms with van der Waals surface area (Å²) in [5.41, 5.74) is -0.124. The number of ether oxygens (including phenoxy) is 1. The summed E-state index contributed by atoms with van der Waals surface area (Å²) in [7, 11) is 0. The first-order valence-electron chi connectivity index (χ1n) is 8.55. The van der Waals surface area contributed by atoms with Gasteiger partial charge in [0, 0.05) is 12.1 Å². The number of likely N-dealkylation sites (N-methyl/N-ethyl adjacent to an activating group) is 1. The van der Waals surface area contributed by atoms with E-state index in [1.54, 1.807) is 0 Å². The largest absolute Gasteiger partial charge is 0.394 e. The highest BCUT2D eigenvalue weighted by atomic mass is 16.5. The van der Waals surface area contributed by atoms with Gasteiger partial charge in [-0.1, -0.05) is 39.5 Å². The van der Waals surface area contributed by atoms with Crippen LogP contribution in [0.25, 0.3) is 0 Å². The molecule has 0 aromatic heterocycles. The Hall–Kier alpha value is -0.120. The molecule has 0 saturated carbocycles. The molecule has 122 valence electrons. The number of aliphatic hydroxyl groups is 1. The van der Waals surface area contributed by atoms with Gasteiger partial charge < -0.3 is 15.2 Å². The molecule has 3 heteroatoms. The van der Waals surface area contributed by atoms with Gasteiger partial charge in [0.1, 0.15) is 0 Å². The summed E-state index contributed by atoms with van der Waals surface area (Å²) in [5, 5.41) is 12.8. The normalized spacial score (nSPS) is 16.1. The zero-order chi connectivity index (χ0) is 15.3. The van der Waals surface area contributed by atoms with Crippen LogP contribution in [0.5, 0.6) is 0 Å². The van der Waals surface area contributed by atoms with Crippen LogP contribution in [0.1, 0.15) is 79.1 Å². The van der Waals surface area contributed by atoms with Gasteiger partial charge in [0.15, 0.2) is 0 Å². The van der Waals surface area contributed by atoms with Gasteiger partial charge in [-0.2, -0.15) is 0 Å². The van der Waals surface area contributed by atoms with E-state index in [2.05, 4.69) is 33.0 Å². The maximum absolute atomic E-state index is 9.41. The number of rotatable bonds is 14. The molecular weight excluding hydrogens is 250 g/mol. The van der Waals surface area contributed by atoms with Gasteiger partial charge in [-0.15, -0.1) is 0 Å². The summed E-state index contributed by atoms with van der Waals surface area (Å²) >= 11 is 0. The highest BCUT2D eigenvalue weighted by molar-refractivity contribution is 4.81. The van der Waals surface area contributed by atoms with E-state index < -0.39 is 0 Å². The van der Waals surface area contributed by atoms with Gasteiger partial charge in [-0.05, 0) is 46.1 Å². The Kier molecular flexibility index (Phi) is 12.5. The van der Waals surface area contributed by atoms with E-state index in [9.17, 15) is 5.11 Å². The minimum atomic E-state index is -0.124. The Morgan fingerprint density at radius 2 is 1.85 bits per heavy atom. The Balaban J connectivity index is 3.50. The van der Waals surface area contributed by atoms with Crippen molar-refractivity contribution < 1.29 is 9.84 Å². The molecule has 3 nitrogen and oxygen atoms in total. The SMILES string of the molecule is CCCCCCC(C)OCCCCC(C)(CO)NCC. The molecule has 0 saturated heterocycles. The Bertz CT molecular complexity index is 211. The second-order valence-corrected chi connectivity index (χ2v) is 6.24. The van der Waals surface area contributed by atoms with Gasteiger partial charge in [0.2, 0.25) is 0 Å². The predicted molar refractivity (Wildman–Crippen MR) is 87.2 cm³/mol. The van der Waals surface area contributed by atoms with E-state index in [0.717, 1.165) is 32.4 Å². The fourth-order valence-corrected chi connectivity index (χ4v) is 2.49. The number of hydrogen-bond donors (Lipinski definition) is 2. The molecule has 0 aliphatic carbocycles. The van der Waals surface area contributed by atoms with Crippen LogP contribution in [0.2, 0.25) is 0 Å². The Labute approximate surface area is 126 Å². The van der Waals surface area contributed by atoms with Crippen molar-refractivity contribution in [3.8, 4) is 0 Å². The summed E-state index contributed by atoms with van der Waals surface area (Å²) in [6, 6.07) is 0. The maximum Gasteiger partial charge on any atom is 0.0610 e. The van der Waals surface area contributed by atoms with Gasteiger partial charge in [0.05, 0.1) is 12.7 Å². The summed E-state index contributed by atoms with van der Waals surface area (Å²) in [4.78, 5) is 0. The summed E-state index contributed by atoms with van der Waals surface area (Å²) in [6.45, 7) is 10.6. The van der Waals surface area contributed by atoms with Crippen LogP contribution in [0.15, 0.2) is 0 Å². The van der Waals surface area contributed by atoms with Gasteiger partial charge in [-0.3, -0.25) is 0 Å². The fourth-order valence-electron chi connectivity index (χ4n) is 2.49. The lowest BCUT2D eigenvalue weighted by molar-refractivity contribution is 0.0539. The molecule has 2 atom stereocenters. The number of nitrogens with one attached hydrogen (secondary N) is 1. The molecule has 2 N–H and O–H groups in total. The first kappa shape index (κ1) is 19.9. The molecular formula is C17H37NO2. The number of aliphatic hydroxyl groups excluding tert-OH is 1. The number of unbranched alkanes of at least 4 members (excludes halogenated alkanes) is 4. The molecule has 0 radical (unpaired) electrons. The topological polar surface area (TPSA) is 41.5 Å². The van der Waals surface area contributed by atoms with Gasteiger partial charge in [0.25, 0.3) is 0 Å². The molecule has 0 spiro atoms. The van der Waals surface area contributed by atoms with E-state index in [1.165, 1.54) is 32.1 Å². The first-order valence-corrected chi connectivity index (χ1v) is 8.55. The van der Waals surface area contributed by atoms with Crippen molar-refractivity contribution in [1.82, 2.24) is 5.32 Å². The third-order valence-electron chi connectivity index (χ3n) is 3.94. The van der Waals surface area contributed by atoms with Crippen LogP contribution in [0.4, 0.5) is 0 Å². The second-order valence-electron chi connectivity index (χ2n) is 6.24. The summed E-state index contributed by atoms with van der Waals surface area (Å²) < 4.78 is 5.85. The molecule has 0 rings (SSSR count). The third-order valence-corrected chi connectivity index (χ3v) is 3.94. The van der Waals surface area contributed by atoms with Crippen molar-refractivity contribution in [2.75, 3.05) is 19.8 Å². The van der Waals surface area contributed by atoms with E-state index in [1.807, 2.05) is 0 Å². The Morgan fingerprint density at radius 1 is 1.10 bits per heavy atom. The van der Waals surface area contributed by atoms with E-state index in [-0.39, 0.29) is 12.1 Å². The molecule has 0 aromatic carbocycles. The zero-order valence-electron chi connectivity index (χ0n) is 14.2. The lowest BCUT2D eigenvalue weighted by Crippen LogP contribution is -2.45. The van der Waals surface area contributed by atoms with Crippen molar-refractivity contribution in [3.05, 3.63) is 0 Å². The monoisotopic (exact) mass is 287 g/mol. The fraction of sp³-hybridized carbons (Fsp3) is 1.00. The van der Waals surface area contributed by atoms with Gasteiger partial charge in [-0.25, -0.2) is 0 Å². The molecule has 0 amide bonds. The average molecular weight is 287 g/mol. The van der Waals surface area contributed by atoms with Crippen LogP contribution < -0.4 is 5.32 Å². The maximum atomic E-state index is 9.41. The van der Waals surface area contributed by atoms with Crippen molar-refractivity contribution in [3.63, 3.8) is 0 Å². The highest BCUT2D eigenvalue weighted by Gasteiger charge is 2.20. The second kappa shape index (κ2) is 12.6. The quantitative estimate of drug-likeness (QED) is 0.476. The van der Waals surface area contributed by atoms with Crippen molar-refractivity contribution in [2.24, 2.45) is 0 Å². The van der Waals surface area contributed by atoms with Crippen LogP contribution in [-0.4, -0.2) is 36.5 Å². The van der Waals surface area contributed by atoms with Crippen LogP contribution in [0.3, 0.4) is 0 Å². The van der Waals surface area contributed by atoms with E-state index >= 15 is 0 Å². The van der Waals surface area contributed by atoms with E-state index in [0.29, 0.717) is 6.10 Å². The summed E-state index contributed by atoms with van der Waals surface area (Å²) in [6.07, 6.45) is 10.0. The molecule has 2 unspecified atom stereocenters. The lowest BCUT2D eigenvalue weighted by atomic mass is 9.96. The molecule has 0 bridgehead atoms. The highest BCUT2D eigenvalue weighted by Crippen LogP contribution is 2.14. The van der Waals surface area contributed by atoms with Crippen LogP contribution in [-0.2, 0) is 4.74 Å². The third kappa shape index (κ3) is 10.6. The Morgan fingerprint density at radius 3 is 2.45 bits per heavy atom. The molecule has 0 aliphatic rings. The lowest BCUT2D eigenvalue weighted by Gasteiger charge is -2.28. The summed E-state index contributed by atoms with van der Waals surface area (Å²) in [5.74, 6) is 0. The minimum Gasteiger partial charge on any atom is -0.394 e. The molecule has 0 aromatic rings. The molecule has 0 heterocycles.